The average Bonchev–Trinajstić information content (AvgIpc) is 2.64. The maximum Gasteiger partial charge on any atom is 0.258 e. The van der Waals surface area contributed by atoms with E-state index in [4.69, 9.17) is 5.21 Å². The van der Waals surface area contributed by atoms with Crippen molar-refractivity contribution in [2.75, 3.05) is 33.7 Å². The number of hydrogen-bond acceptors (Lipinski definition) is 5. The van der Waals surface area contributed by atoms with E-state index >= 15 is 0 Å². The van der Waals surface area contributed by atoms with Crippen molar-refractivity contribution in [2.24, 2.45) is 0 Å². The number of carbonyl (C=O) groups excluding carboxylic acids is 1. The first kappa shape index (κ1) is 20.2. The molecule has 1 amide bonds. The van der Waals surface area contributed by atoms with Crippen LogP contribution in [0, 0.1) is 6.92 Å². The number of carbonyl (C=O) groups is 1. The second-order valence-corrected chi connectivity index (χ2v) is 7.69. The third-order valence-electron chi connectivity index (χ3n) is 3.73. The van der Waals surface area contributed by atoms with Crippen molar-refractivity contribution in [1.82, 2.24) is 19.7 Å². The molecule has 0 radical (unpaired) electrons. The summed E-state index contributed by atoms with van der Waals surface area (Å²) < 4.78 is 14.3. The van der Waals surface area contributed by atoms with E-state index in [1.807, 2.05) is 56.3 Å². The van der Waals surface area contributed by atoms with Gasteiger partial charge in [-0.25, -0.2) is 14.0 Å². The van der Waals surface area contributed by atoms with Crippen LogP contribution in [0.2, 0.25) is 0 Å². The fraction of sp³-hybridized carbons (Fsp3) is 0.333. The summed E-state index contributed by atoms with van der Waals surface area (Å²) in [5.41, 5.74) is 4.51. The zero-order valence-corrected chi connectivity index (χ0v) is 16.0. The SMILES string of the molecule is Cc1cccc(-c2ccc(S(=O)N(CCN(C)C)CC(=O)NO)cn2)c1. The summed E-state index contributed by atoms with van der Waals surface area (Å²) in [6.07, 6.45) is 1.56. The van der Waals surface area contributed by atoms with Gasteiger partial charge in [0.1, 0.15) is 11.0 Å². The Hall–Kier alpha value is -2.13. The summed E-state index contributed by atoms with van der Waals surface area (Å²) in [6.45, 7) is 2.88. The van der Waals surface area contributed by atoms with Gasteiger partial charge in [-0.15, -0.1) is 0 Å². The number of hydrogen-bond donors (Lipinski definition) is 2. The van der Waals surface area contributed by atoms with Crippen molar-refractivity contribution in [1.29, 1.82) is 0 Å². The third-order valence-corrected chi connectivity index (χ3v) is 5.15. The minimum atomic E-state index is -1.56. The molecule has 0 aliphatic carbocycles. The predicted molar refractivity (Wildman–Crippen MR) is 101 cm³/mol. The van der Waals surface area contributed by atoms with Gasteiger partial charge in [0.2, 0.25) is 0 Å². The van der Waals surface area contributed by atoms with Crippen LogP contribution in [0.15, 0.2) is 47.5 Å². The summed E-state index contributed by atoms with van der Waals surface area (Å²) >= 11 is 0. The van der Waals surface area contributed by atoms with Gasteiger partial charge < -0.3 is 4.90 Å². The van der Waals surface area contributed by atoms with Gasteiger partial charge in [0, 0.05) is 24.8 Å². The molecule has 140 valence electrons. The molecule has 8 heteroatoms. The molecule has 0 aliphatic rings. The van der Waals surface area contributed by atoms with Crippen molar-refractivity contribution in [3.8, 4) is 11.3 Å². The lowest BCUT2D eigenvalue weighted by atomic mass is 10.1. The molecule has 0 spiro atoms. The number of hydroxylamine groups is 1. The first-order valence-corrected chi connectivity index (χ1v) is 9.29. The minimum Gasteiger partial charge on any atom is -0.308 e. The molecule has 1 aromatic heterocycles. The molecule has 0 bridgehead atoms. The van der Waals surface area contributed by atoms with Gasteiger partial charge >= 0.3 is 0 Å². The van der Waals surface area contributed by atoms with Crippen LogP contribution in [-0.2, 0) is 15.8 Å². The lowest BCUT2D eigenvalue weighted by molar-refractivity contribution is -0.129. The summed E-state index contributed by atoms with van der Waals surface area (Å²) in [4.78, 5) is 18.4. The zero-order chi connectivity index (χ0) is 19.1. The Kier molecular flexibility index (Phi) is 7.40. The zero-order valence-electron chi connectivity index (χ0n) is 15.2. The molecule has 0 aliphatic heterocycles. The van der Waals surface area contributed by atoms with Crippen molar-refractivity contribution in [3.63, 3.8) is 0 Å². The molecule has 1 atom stereocenters. The number of aromatic nitrogens is 1. The lowest BCUT2D eigenvalue weighted by Crippen LogP contribution is -2.40. The van der Waals surface area contributed by atoms with Crippen LogP contribution in [0.3, 0.4) is 0 Å². The van der Waals surface area contributed by atoms with Crippen LogP contribution in [-0.4, -0.2) is 63.2 Å². The molecule has 26 heavy (non-hydrogen) atoms. The van der Waals surface area contributed by atoms with Crippen LogP contribution >= 0.6 is 0 Å². The largest absolute Gasteiger partial charge is 0.308 e. The molecule has 1 heterocycles. The second kappa shape index (κ2) is 9.54. The number of rotatable bonds is 8. The number of benzene rings is 1. The van der Waals surface area contributed by atoms with Crippen LogP contribution in [0.5, 0.6) is 0 Å². The molecule has 1 aromatic carbocycles. The van der Waals surface area contributed by atoms with E-state index in [9.17, 15) is 9.00 Å². The van der Waals surface area contributed by atoms with Crippen LogP contribution in [0.25, 0.3) is 11.3 Å². The van der Waals surface area contributed by atoms with Gasteiger partial charge in [0.05, 0.1) is 17.1 Å². The first-order valence-electron chi connectivity index (χ1n) is 8.18. The van der Waals surface area contributed by atoms with Gasteiger partial charge in [-0.05, 0) is 39.2 Å². The Labute approximate surface area is 156 Å². The maximum atomic E-state index is 12.8. The summed E-state index contributed by atoms with van der Waals surface area (Å²) in [6, 6.07) is 11.6. The Bertz CT molecular complexity index is 765. The third kappa shape index (κ3) is 5.70. The molecule has 7 nitrogen and oxygen atoms in total. The topological polar surface area (TPSA) is 85.8 Å². The van der Waals surface area contributed by atoms with E-state index in [0.717, 1.165) is 16.8 Å². The monoisotopic (exact) mass is 376 g/mol. The Morgan fingerprint density at radius 2 is 2.00 bits per heavy atom. The van der Waals surface area contributed by atoms with Gasteiger partial charge in [-0.2, -0.15) is 0 Å². The maximum absolute atomic E-state index is 12.8. The van der Waals surface area contributed by atoms with Gasteiger partial charge in [0.25, 0.3) is 5.91 Å². The summed E-state index contributed by atoms with van der Waals surface area (Å²) in [5, 5.41) is 8.75. The van der Waals surface area contributed by atoms with Gasteiger partial charge in [-0.3, -0.25) is 15.0 Å². The lowest BCUT2D eigenvalue weighted by Gasteiger charge is -2.22. The quantitative estimate of drug-likeness (QED) is 0.538. The smallest absolute Gasteiger partial charge is 0.258 e. The molecule has 0 saturated heterocycles. The summed E-state index contributed by atoms with van der Waals surface area (Å²) in [7, 11) is 2.23. The highest BCUT2D eigenvalue weighted by Crippen LogP contribution is 2.20. The van der Waals surface area contributed by atoms with E-state index in [1.54, 1.807) is 17.7 Å². The van der Waals surface area contributed by atoms with E-state index in [0.29, 0.717) is 18.0 Å². The number of likely N-dealkylation sites (N-methyl/N-ethyl adjacent to an activating group) is 1. The number of pyridine rings is 1. The number of amides is 1. The van der Waals surface area contributed by atoms with E-state index in [2.05, 4.69) is 4.98 Å². The fourth-order valence-electron chi connectivity index (χ4n) is 2.34. The van der Waals surface area contributed by atoms with Crippen LogP contribution in [0.1, 0.15) is 5.56 Å². The number of aryl methyl sites for hydroxylation is 1. The minimum absolute atomic E-state index is 0.170. The molecule has 2 rings (SSSR count). The van der Waals surface area contributed by atoms with Crippen molar-refractivity contribution < 1.29 is 14.2 Å². The van der Waals surface area contributed by atoms with Crippen molar-refractivity contribution in [2.45, 2.75) is 11.8 Å². The Balaban J connectivity index is 2.18. The molecule has 2 aromatic rings. The van der Waals surface area contributed by atoms with Gasteiger partial charge in [-0.1, -0.05) is 23.8 Å². The Morgan fingerprint density at radius 1 is 1.23 bits per heavy atom. The first-order chi connectivity index (χ1) is 12.4. The highest BCUT2D eigenvalue weighted by Gasteiger charge is 2.19. The van der Waals surface area contributed by atoms with Crippen LogP contribution in [0.4, 0.5) is 0 Å². The molecular formula is C18H24N4O3S. The molecule has 0 fully saturated rings. The summed E-state index contributed by atoms with van der Waals surface area (Å²) in [5.74, 6) is -0.610. The molecular weight excluding hydrogens is 352 g/mol. The molecule has 2 N–H and O–H groups in total. The second-order valence-electron chi connectivity index (χ2n) is 6.20. The highest BCUT2D eigenvalue weighted by atomic mass is 32.2. The van der Waals surface area contributed by atoms with E-state index < -0.39 is 16.9 Å². The van der Waals surface area contributed by atoms with Crippen LogP contribution < -0.4 is 5.48 Å². The molecule has 1 unspecified atom stereocenters. The average molecular weight is 376 g/mol. The van der Waals surface area contributed by atoms with E-state index in [-0.39, 0.29) is 6.54 Å². The molecule has 0 saturated carbocycles. The number of nitrogens with one attached hydrogen (secondary N) is 1. The normalized spacial score (nSPS) is 12.4. The fourth-order valence-corrected chi connectivity index (χ4v) is 3.44. The number of nitrogens with zero attached hydrogens (tertiary/aromatic N) is 3. The Morgan fingerprint density at radius 3 is 2.58 bits per heavy atom. The van der Waals surface area contributed by atoms with Gasteiger partial charge in [0.15, 0.2) is 0 Å². The standard InChI is InChI=1S/C18H24N4O3S/c1-14-5-4-6-15(11-14)17-8-7-16(12-19-17)26(25)22(10-9-21(2)3)13-18(23)20-24/h4-8,11-12,24H,9-10,13H2,1-3H3,(H,20,23). The highest BCUT2D eigenvalue weighted by molar-refractivity contribution is 7.82. The van der Waals surface area contributed by atoms with Crippen molar-refractivity contribution >= 4 is 16.9 Å². The van der Waals surface area contributed by atoms with Crippen molar-refractivity contribution in [3.05, 3.63) is 48.2 Å². The van der Waals surface area contributed by atoms with E-state index in [1.165, 1.54) is 4.31 Å². The predicted octanol–water partition coefficient (Wildman–Crippen LogP) is 1.45.